The van der Waals surface area contributed by atoms with E-state index in [0.29, 0.717) is 0 Å². The summed E-state index contributed by atoms with van der Waals surface area (Å²) in [4.78, 5) is 4.26. The molecule has 0 aliphatic heterocycles. The molecule has 2 nitrogen and oxygen atoms in total. The highest BCUT2D eigenvalue weighted by Gasteiger charge is 2.06. The van der Waals surface area contributed by atoms with E-state index in [4.69, 9.17) is 4.74 Å². The maximum Gasteiger partial charge on any atom is 0.143 e. The quantitative estimate of drug-likeness (QED) is 0.670. The van der Waals surface area contributed by atoms with Crippen LogP contribution in [0.3, 0.4) is 0 Å². The van der Waals surface area contributed by atoms with Gasteiger partial charge in [-0.05, 0) is 31.4 Å². The molecule has 0 fully saturated rings. The maximum atomic E-state index is 5.26. The summed E-state index contributed by atoms with van der Waals surface area (Å²) in [5, 5.41) is 0. The minimum absolute atomic E-state index is 0.925. The number of hydrogen-bond acceptors (Lipinski definition) is 2. The second-order valence-electron chi connectivity index (χ2n) is 2.88. The Morgan fingerprint density at radius 3 is 2.58 bits per heavy atom. The Kier molecular flexibility index (Phi) is 2.69. The van der Waals surface area contributed by atoms with Crippen molar-refractivity contribution in [2.24, 2.45) is 0 Å². The first-order valence-corrected chi connectivity index (χ1v) is 4.19. The van der Waals surface area contributed by atoms with E-state index in [1.165, 1.54) is 11.1 Å². The molecule has 0 unspecified atom stereocenters. The largest absolute Gasteiger partial charge is 0.495 e. The van der Waals surface area contributed by atoms with Crippen LogP contribution >= 0.6 is 0 Å². The minimum Gasteiger partial charge on any atom is -0.495 e. The fourth-order valence-electron chi connectivity index (χ4n) is 1.40. The lowest BCUT2D eigenvalue weighted by molar-refractivity contribution is 0.405. The smallest absolute Gasteiger partial charge is 0.143 e. The maximum absolute atomic E-state index is 5.26. The third-order valence-corrected chi connectivity index (χ3v) is 2.15. The molecule has 0 aliphatic rings. The number of aromatic nitrogens is 1. The van der Waals surface area contributed by atoms with Crippen LogP contribution in [0.1, 0.15) is 23.7 Å². The van der Waals surface area contributed by atoms with Gasteiger partial charge in [-0.15, -0.1) is 0 Å². The second kappa shape index (κ2) is 3.57. The topological polar surface area (TPSA) is 22.1 Å². The summed E-state index contributed by atoms with van der Waals surface area (Å²) in [7, 11) is 1.69. The van der Waals surface area contributed by atoms with E-state index in [0.717, 1.165) is 17.9 Å². The zero-order chi connectivity index (χ0) is 9.14. The summed E-state index contributed by atoms with van der Waals surface area (Å²) in [5.41, 5.74) is 3.44. The molecule has 1 aromatic heterocycles. The summed E-state index contributed by atoms with van der Waals surface area (Å²) in [5.74, 6) is 0.925. The van der Waals surface area contributed by atoms with Crippen molar-refractivity contribution in [2.75, 3.05) is 7.11 Å². The van der Waals surface area contributed by atoms with E-state index in [1.807, 2.05) is 13.1 Å². The van der Waals surface area contributed by atoms with Crippen LogP contribution < -0.4 is 4.74 Å². The summed E-state index contributed by atoms with van der Waals surface area (Å²) in [6, 6.07) is 0. The lowest BCUT2D eigenvalue weighted by Crippen LogP contribution is -1.97. The van der Waals surface area contributed by atoms with Gasteiger partial charge in [-0.2, -0.15) is 0 Å². The summed E-state index contributed by atoms with van der Waals surface area (Å²) in [6.07, 6.45) is 2.93. The van der Waals surface area contributed by atoms with Crippen LogP contribution in [0.5, 0.6) is 5.75 Å². The molecule has 2 heteroatoms. The van der Waals surface area contributed by atoms with Gasteiger partial charge in [0.1, 0.15) is 5.75 Å². The lowest BCUT2D eigenvalue weighted by atomic mass is 10.1. The molecule has 0 radical (unpaired) electrons. The highest BCUT2D eigenvalue weighted by molar-refractivity contribution is 5.40. The molecule has 0 bridgehead atoms. The highest BCUT2D eigenvalue weighted by Crippen LogP contribution is 2.23. The molecule has 0 amide bonds. The SMILES string of the molecule is CCc1cnc(C)c(OC)c1C. The fraction of sp³-hybridized carbons (Fsp3) is 0.500. The predicted octanol–water partition coefficient (Wildman–Crippen LogP) is 2.27. The van der Waals surface area contributed by atoms with E-state index in [-0.39, 0.29) is 0 Å². The van der Waals surface area contributed by atoms with E-state index < -0.39 is 0 Å². The Balaban J connectivity index is 3.24. The molecule has 1 aromatic rings. The van der Waals surface area contributed by atoms with Gasteiger partial charge in [-0.1, -0.05) is 6.92 Å². The first-order valence-electron chi connectivity index (χ1n) is 4.19. The Morgan fingerprint density at radius 2 is 2.08 bits per heavy atom. The van der Waals surface area contributed by atoms with E-state index in [2.05, 4.69) is 18.8 Å². The molecule has 0 aromatic carbocycles. The number of methoxy groups -OCH3 is 1. The molecular formula is C10H15NO. The van der Waals surface area contributed by atoms with Gasteiger partial charge in [0.2, 0.25) is 0 Å². The molecular weight excluding hydrogens is 150 g/mol. The first-order chi connectivity index (χ1) is 5.70. The predicted molar refractivity (Wildman–Crippen MR) is 49.6 cm³/mol. The van der Waals surface area contributed by atoms with Crippen molar-refractivity contribution in [2.45, 2.75) is 27.2 Å². The van der Waals surface area contributed by atoms with Crippen molar-refractivity contribution in [1.82, 2.24) is 4.98 Å². The Morgan fingerprint density at radius 1 is 1.42 bits per heavy atom. The van der Waals surface area contributed by atoms with Gasteiger partial charge in [-0.25, -0.2) is 0 Å². The molecule has 12 heavy (non-hydrogen) atoms. The van der Waals surface area contributed by atoms with Crippen LogP contribution in [-0.4, -0.2) is 12.1 Å². The zero-order valence-electron chi connectivity index (χ0n) is 8.14. The third-order valence-electron chi connectivity index (χ3n) is 2.15. The van der Waals surface area contributed by atoms with E-state index in [1.54, 1.807) is 7.11 Å². The van der Waals surface area contributed by atoms with Crippen molar-refractivity contribution in [3.05, 3.63) is 23.0 Å². The number of nitrogens with zero attached hydrogens (tertiary/aromatic N) is 1. The normalized spacial score (nSPS) is 10.0. The average Bonchev–Trinajstić information content (AvgIpc) is 2.06. The number of ether oxygens (including phenoxy) is 1. The van der Waals surface area contributed by atoms with E-state index in [9.17, 15) is 0 Å². The molecule has 1 heterocycles. The zero-order valence-corrected chi connectivity index (χ0v) is 8.14. The highest BCUT2D eigenvalue weighted by atomic mass is 16.5. The van der Waals surface area contributed by atoms with Gasteiger partial charge >= 0.3 is 0 Å². The lowest BCUT2D eigenvalue weighted by Gasteiger charge is -2.10. The van der Waals surface area contributed by atoms with Gasteiger partial charge in [0.15, 0.2) is 0 Å². The van der Waals surface area contributed by atoms with Crippen LogP contribution in [0, 0.1) is 13.8 Å². The van der Waals surface area contributed by atoms with Gasteiger partial charge in [0.25, 0.3) is 0 Å². The standard InChI is InChI=1S/C10H15NO/c1-5-9-6-11-8(3)10(12-4)7(9)2/h6H,5H2,1-4H3. The molecule has 1 rings (SSSR count). The molecule has 0 atom stereocenters. The number of aryl methyl sites for hydroxylation is 2. The molecule has 0 saturated carbocycles. The summed E-state index contributed by atoms with van der Waals surface area (Å²) in [6.45, 7) is 6.16. The molecule has 0 spiro atoms. The summed E-state index contributed by atoms with van der Waals surface area (Å²) < 4.78 is 5.26. The van der Waals surface area contributed by atoms with Crippen LogP contribution in [0.2, 0.25) is 0 Å². The van der Waals surface area contributed by atoms with Crippen LogP contribution in [0.4, 0.5) is 0 Å². The molecule has 0 aliphatic carbocycles. The van der Waals surface area contributed by atoms with Gasteiger partial charge in [0, 0.05) is 6.20 Å². The third kappa shape index (κ3) is 1.42. The molecule has 66 valence electrons. The van der Waals surface area contributed by atoms with Crippen LogP contribution in [0.15, 0.2) is 6.20 Å². The monoisotopic (exact) mass is 165 g/mol. The van der Waals surface area contributed by atoms with Gasteiger partial charge in [0.05, 0.1) is 12.8 Å². The summed E-state index contributed by atoms with van der Waals surface area (Å²) >= 11 is 0. The number of pyridine rings is 1. The minimum atomic E-state index is 0.925. The van der Waals surface area contributed by atoms with Crippen molar-refractivity contribution in [3.63, 3.8) is 0 Å². The molecule has 0 saturated heterocycles. The van der Waals surface area contributed by atoms with Crippen molar-refractivity contribution in [3.8, 4) is 5.75 Å². The average molecular weight is 165 g/mol. The van der Waals surface area contributed by atoms with Crippen molar-refractivity contribution in [1.29, 1.82) is 0 Å². The second-order valence-corrected chi connectivity index (χ2v) is 2.88. The van der Waals surface area contributed by atoms with E-state index >= 15 is 0 Å². The van der Waals surface area contributed by atoms with Crippen LogP contribution in [0.25, 0.3) is 0 Å². The van der Waals surface area contributed by atoms with Crippen molar-refractivity contribution >= 4 is 0 Å². The molecule has 0 N–H and O–H groups in total. The van der Waals surface area contributed by atoms with Crippen molar-refractivity contribution < 1.29 is 4.74 Å². The number of hydrogen-bond donors (Lipinski definition) is 0. The fourth-order valence-corrected chi connectivity index (χ4v) is 1.40. The Labute approximate surface area is 73.6 Å². The number of rotatable bonds is 2. The first kappa shape index (κ1) is 9.04. The van der Waals surface area contributed by atoms with Crippen LogP contribution in [-0.2, 0) is 6.42 Å². The Hall–Kier alpha value is -1.05. The van der Waals surface area contributed by atoms with Gasteiger partial charge in [-0.3, -0.25) is 4.98 Å². The van der Waals surface area contributed by atoms with Gasteiger partial charge < -0.3 is 4.74 Å². The Bertz CT molecular complexity index is 281.